The lowest BCUT2D eigenvalue weighted by Crippen LogP contribution is -2.34. The molecular weight excluding hydrogens is 369 g/mol. The van der Waals surface area contributed by atoms with Crippen LogP contribution in [0.5, 0.6) is 0 Å². The van der Waals surface area contributed by atoms with Crippen molar-refractivity contribution < 1.29 is 9.18 Å². The highest BCUT2D eigenvalue weighted by Gasteiger charge is 2.13. The monoisotopic (exact) mass is 379 g/mol. The van der Waals surface area contributed by atoms with Gasteiger partial charge < -0.3 is 5.32 Å². The number of anilines is 1. The Hall–Kier alpha value is -2.09. The average Bonchev–Trinajstić information content (AvgIpc) is 2.87. The van der Waals surface area contributed by atoms with Gasteiger partial charge in [0.15, 0.2) is 10.2 Å². The summed E-state index contributed by atoms with van der Waals surface area (Å²) in [7, 11) is 0. The molecule has 3 aromatic rings. The number of nitrogens with zero attached hydrogens (tertiary/aromatic N) is 1. The number of aryl methyl sites for hydroxylation is 1. The number of hydrogen-bond acceptors (Lipinski definition) is 4. The second-order valence-electron chi connectivity index (χ2n) is 5.02. The van der Waals surface area contributed by atoms with E-state index in [-0.39, 0.29) is 10.9 Å². The van der Waals surface area contributed by atoms with Crippen LogP contribution >= 0.6 is 35.2 Å². The SMILES string of the molecule is Cc1ccc(C(=O)NC(=S)Nc2nc3ccc(F)cc3s2)c(Cl)c1. The Kier molecular flexibility index (Phi) is 4.75. The van der Waals surface area contributed by atoms with E-state index >= 15 is 0 Å². The minimum Gasteiger partial charge on any atom is -0.308 e. The molecule has 0 spiro atoms. The quantitative estimate of drug-likeness (QED) is 0.642. The molecule has 0 unspecified atom stereocenters. The molecule has 24 heavy (non-hydrogen) atoms. The van der Waals surface area contributed by atoms with E-state index < -0.39 is 5.91 Å². The highest BCUT2D eigenvalue weighted by atomic mass is 35.5. The number of nitrogens with one attached hydrogen (secondary N) is 2. The Balaban J connectivity index is 1.71. The van der Waals surface area contributed by atoms with Crippen molar-refractivity contribution in [1.82, 2.24) is 10.3 Å². The summed E-state index contributed by atoms with van der Waals surface area (Å²) in [6.07, 6.45) is 0. The van der Waals surface area contributed by atoms with Crippen LogP contribution < -0.4 is 10.6 Å². The fraction of sp³-hybridized carbons (Fsp3) is 0.0625. The van der Waals surface area contributed by atoms with Gasteiger partial charge in [0, 0.05) is 0 Å². The van der Waals surface area contributed by atoms with Crippen molar-refractivity contribution in [3.63, 3.8) is 0 Å². The van der Waals surface area contributed by atoms with Gasteiger partial charge in [-0.2, -0.15) is 0 Å². The van der Waals surface area contributed by atoms with E-state index in [1.165, 1.54) is 23.5 Å². The van der Waals surface area contributed by atoms with Gasteiger partial charge in [-0.25, -0.2) is 9.37 Å². The van der Waals surface area contributed by atoms with E-state index in [9.17, 15) is 9.18 Å². The molecule has 2 N–H and O–H groups in total. The van der Waals surface area contributed by atoms with Gasteiger partial charge in [-0.1, -0.05) is 29.0 Å². The molecule has 0 saturated carbocycles. The number of rotatable bonds is 2. The molecule has 4 nitrogen and oxygen atoms in total. The van der Waals surface area contributed by atoms with Crippen molar-refractivity contribution in [1.29, 1.82) is 0 Å². The van der Waals surface area contributed by atoms with Crippen molar-refractivity contribution in [2.24, 2.45) is 0 Å². The third-order valence-electron chi connectivity index (χ3n) is 3.17. The molecule has 3 rings (SSSR count). The van der Waals surface area contributed by atoms with Crippen molar-refractivity contribution in [2.75, 3.05) is 5.32 Å². The molecule has 0 fully saturated rings. The maximum atomic E-state index is 13.2. The Labute approximate surface area is 151 Å². The standard InChI is InChI=1S/C16H11ClFN3OS2/c1-8-2-4-10(11(17)6-8)14(22)20-15(23)21-16-19-12-5-3-9(18)7-13(12)24-16/h2-7H,1H3,(H2,19,20,21,22,23). The van der Waals surface area contributed by atoms with Crippen LogP contribution in [-0.2, 0) is 0 Å². The van der Waals surface area contributed by atoms with E-state index in [1.807, 2.05) is 6.92 Å². The molecule has 1 heterocycles. The largest absolute Gasteiger partial charge is 0.308 e. The number of thiazole rings is 1. The number of benzene rings is 2. The second-order valence-corrected chi connectivity index (χ2v) is 6.87. The Morgan fingerprint density at radius 1 is 1.29 bits per heavy atom. The van der Waals surface area contributed by atoms with Crippen molar-refractivity contribution in [3.05, 3.63) is 58.4 Å². The maximum Gasteiger partial charge on any atom is 0.258 e. The predicted molar refractivity (Wildman–Crippen MR) is 99.5 cm³/mol. The topological polar surface area (TPSA) is 54.0 Å². The van der Waals surface area contributed by atoms with Gasteiger partial charge in [-0.3, -0.25) is 10.1 Å². The molecule has 0 bridgehead atoms. The minimum atomic E-state index is -0.412. The zero-order valence-electron chi connectivity index (χ0n) is 12.4. The van der Waals surface area contributed by atoms with E-state index in [0.717, 1.165) is 5.56 Å². The number of hydrogen-bond donors (Lipinski definition) is 2. The summed E-state index contributed by atoms with van der Waals surface area (Å²) in [6.45, 7) is 1.88. The predicted octanol–water partition coefficient (Wildman–Crippen LogP) is 4.52. The number of fused-ring (bicyclic) bond motifs is 1. The molecule has 2 aromatic carbocycles. The van der Waals surface area contributed by atoms with Gasteiger partial charge in [-0.05, 0) is 55.0 Å². The molecule has 1 aromatic heterocycles. The first-order valence-electron chi connectivity index (χ1n) is 6.87. The normalized spacial score (nSPS) is 10.6. The molecule has 122 valence electrons. The molecule has 0 aliphatic heterocycles. The fourth-order valence-corrected chi connectivity index (χ4v) is 3.53. The highest BCUT2D eigenvalue weighted by Crippen LogP contribution is 2.26. The summed E-state index contributed by atoms with van der Waals surface area (Å²) in [5.41, 5.74) is 1.94. The number of carbonyl (C=O) groups is 1. The van der Waals surface area contributed by atoms with E-state index in [2.05, 4.69) is 15.6 Å². The second kappa shape index (κ2) is 6.80. The fourth-order valence-electron chi connectivity index (χ4n) is 2.06. The van der Waals surface area contributed by atoms with Gasteiger partial charge in [-0.15, -0.1) is 0 Å². The molecular formula is C16H11ClFN3OS2. The summed E-state index contributed by atoms with van der Waals surface area (Å²) in [5.74, 6) is -0.743. The zero-order chi connectivity index (χ0) is 17.3. The number of aromatic nitrogens is 1. The number of carbonyl (C=O) groups excluding carboxylic acids is 1. The summed E-state index contributed by atoms with van der Waals surface area (Å²) in [5, 5.41) is 6.29. The average molecular weight is 380 g/mol. The molecule has 0 radical (unpaired) electrons. The summed E-state index contributed by atoms with van der Waals surface area (Å²) < 4.78 is 13.9. The third kappa shape index (κ3) is 3.69. The highest BCUT2D eigenvalue weighted by molar-refractivity contribution is 7.80. The van der Waals surface area contributed by atoms with Crippen molar-refractivity contribution >= 4 is 61.5 Å². The first-order chi connectivity index (χ1) is 11.4. The van der Waals surface area contributed by atoms with Gasteiger partial charge in [0.2, 0.25) is 0 Å². The van der Waals surface area contributed by atoms with Crippen LogP contribution in [0.25, 0.3) is 10.2 Å². The number of halogens is 2. The molecule has 0 aliphatic rings. The van der Waals surface area contributed by atoms with Crippen LogP contribution in [0.1, 0.15) is 15.9 Å². The zero-order valence-corrected chi connectivity index (χ0v) is 14.8. The molecule has 0 atom stereocenters. The van der Waals surface area contributed by atoms with Gasteiger partial charge >= 0.3 is 0 Å². The molecule has 0 aliphatic carbocycles. The van der Waals surface area contributed by atoms with Crippen molar-refractivity contribution in [3.8, 4) is 0 Å². The minimum absolute atomic E-state index is 0.0937. The summed E-state index contributed by atoms with van der Waals surface area (Å²) >= 11 is 12.4. The molecule has 0 saturated heterocycles. The summed E-state index contributed by atoms with van der Waals surface area (Å²) in [4.78, 5) is 16.5. The van der Waals surface area contributed by atoms with E-state index in [0.29, 0.717) is 25.9 Å². The molecule has 1 amide bonds. The van der Waals surface area contributed by atoms with Crippen molar-refractivity contribution in [2.45, 2.75) is 6.92 Å². The van der Waals surface area contributed by atoms with Gasteiger partial charge in [0.25, 0.3) is 5.91 Å². The first-order valence-corrected chi connectivity index (χ1v) is 8.47. The lowest BCUT2D eigenvalue weighted by atomic mass is 10.1. The van der Waals surface area contributed by atoms with Gasteiger partial charge in [0.05, 0.1) is 20.8 Å². The number of thiocarbonyl (C=S) groups is 1. The smallest absolute Gasteiger partial charge is 0.258 e. The Morgan fingerprint density at radius 3 is 2.83 bits per heavy atom. The lowest BCUT2D eigenvalue weighted by molar-refractivity contribution is 0.0978. The van der Waals surface area contributed by atoms with E-state index in [4.69, 9.17) is 23.8 Å². The first kappa shape index (κ1) is 16.8. The van der Waals surface area contributed by atoms with Gasteiger partial charge in [0.1, 0.15) is 5.82 Å². The van der Waals surface area contributed by atoms with E-state index in [1.54, 1.807) is 24.3 Å². The van der Waals surface area contributed by atoms with Crippen LogP contribution in [0.4, 0.5) is 9.52 Å². The van der Waals surface area contributed by atoms with Crippen LogP contribution in [0.2, 0.25) is 5.02 Å². The molecule has 8 heteroatoms. The van der Waals surface area contributed by atoms with Crippen LogP contribution in [0.15, 0.2) is 36.4 Å². The van der Waals surface area contributed by atoms with Crippen LogP contribution in [-0.4, -0.2) is 16.0 Å². The van der Waals surface area contributed by atoms with Crippen LogP contribution in [0.3, 0.4) is 0 Å². The third-order valence-corrected chi connectivity index (χ3v) is 4.62. The lowest BCUT2D eigenvalue weighted by Gasteiger charge is -2.08. The Morgan fingerprint density at radius 2 is 2.08 bits per heavy atom. The summed E-state index contributed by atoms with van der Waals surface area (Å²) in [6, 6.07) is 9.45. The maximum absolute atomic E-state index is 13.2. The van der Waals surface area contributed by atoms with Crippen LogP contribution in [0, 0.1) is 12.7 Å². The number of amides is 1. The Bertz CT molecular complexity index is 958.